The van der Waals surface area contributed by atoms with Gasteiger partial charge in [-0.2, -0.15) is 0 Å². The van der Waals surface area contributed by atoms with E-state index in [9.17, 15) is 18.0 Å². The Hall–Kier alpha value is -3.85. The average molecular weight is 451 g/mol. The molecule has 164 valence electrons. The lowest BCUT2D eigenvalue weighted by atomic mass is 10.0. The van der Waals surface area contributed by atoms with E-state index in [2.05, 4.69) is 20.0 Å². The molecule has 8 nitrogen and oxygen atoms in total. The number of nitrogens with one attached hydrogen (secondary N) is 4. The maximum absolute atomic E-state index is 12.7. The van der Waals surface area contributed by atoms with Crippen LogP contribution in [0.5, 0.6) is 0 Å². The van der Waals surface area contributed by atoms with Crippen molar-refractivity contribution in [2.45, 2.75) is 17.7 Å². The van der Waals surface area contributed by atoms with Crippen LogP contribution in [0.1, 0.15) is 28.8 Å². The summed E-state index contributed by atoms with van der Waals surface area (Å²) >= 11 is 0. The molecular formula is C23H22N4O4S. The highest BCUT2D eigenvalue weighted by Gasteiger charge is 2.16. The van der Waals surface area contributed by atoms with Gasteiger partial charge in [0.2, 0.25) is 0 Å². The van der Waals surface area contributed by atoms with Crippen molar-refractivity contribution < 1.29 is 13.2 Å². The minimum Gasteiger partial charge on any atom is -0.351 e. The van der Waals surface area contributed by atoms with Crippen molar-refractivity contribution in [1.82, 2.24) is 15.3 Å². The highest BCUT2D eigenvalue weighted by molar-refractivity contribution is 7.92. The summed E-state index contributed by atoms with van der Waals surface area (Å²) < 4.78 is 27.9. The zero-order valence-corrected chi connectivity index (χ0v) is 18.1. The van der Waals surface area contributed by atoms with Crippen molar-refractivity contribution in [1.29, 1.82) is 0 Å². The normalized spacial score (nSPS) is 12.4. The van der Waals surface area contributed by atoms with E-state index < -0.39 is 15.7 Å². The van der Waals surface area contributed by atoms with Crippen molar-refractivity contribution in [2.24, 2.45) is 0 Å². The van der Waals surface area contributed by atoms with E-state index in [1.54, 1.807) is 12.1 Å². The highest BCUT2D eigenvalue weighted by Crippen LogP contribution is 2.20. The Morgan fingerprint density at radius 2 is 1.62 bits per heavy atom. The fraction of sp³-hybridized carbons (Fsp3) is 0.130. The van der Waals surface area contributed by atoms with E-state index in [1.165, 1.54) is 30.3 Å². The first-order valence-electron chi connectivity index (χ1n) is 10.00. The van der Waals surface area contributed by atoms with Gasteiger partial charge in [0, 0.05) is 17.8 Å². The topological polar surface area (TPSA) is 124 Å². The van der Waals surface area contributed by atoms with Crippen LogP contribution < -0.4 is 15.7 Å². The van der Waals surface area contributed by atoms with E-state index in [0.717, 1.165) is 5.56 Å². The van der Waals surface area contributed by atoms with Gasteiger partial charge in [0.25, 0.3) is 15.9 Å². The summed E-state index contributed by atoms with van der Waals surface area (Å²) in [6.07, 6.45) is 0. The second-order valence-corrected chi connectivity index (χ2v) is 9.17. The molecule has 1 amide bonds. The second kappa shape index (κ2) is 8.72. The van der Waals surface area contributed by atoms with E-state index in [4.69, 9.17) is 0 Å². The standard InChI is InChI=1S/C23H22N4O4S/c1-15(16-5-3-2-4-6-16)14-24-22(28)17-7-9-18(10-8-17)27-32(30,31)19-11-12-20-21(13-19)26-23(29)25-20/h2-13,15,27H,14H2,1H3,(H,24,28)(H2,25,26,29). The summed E-state index contributed by atoms with van der Waals surface area (Å²) in [4.78, 5) is 28.9. The summed E-state index contributed by atoms with van der Waals surface area (Å²) in [5, 5.41) is 2.90. The van der Waals surface area contributed by atoms with E-state index in [-0.39, 0.29) is 16.7 Å². The predicted molar refractivity (Wildman–Crippen MR) is 123 cm³/mol. The van der Waals surface area contributed by atoms with Gasteiger partial charge >= 0.3 is 5.69 Å². The van der Waals surface area contributed by atoms with Crippen molar-refractivity contribution in [3.05, 3.63) is 94.4 Å². The number of rotatable bonds is 7. The first-order valence-corrected chi connectivity index (χ1v) is 11.5. The molecule has 0 spiro atoms. The minimum atomic E-state index is -3.87. The number of hydrogen-bond donors (Lipinski definition) is 4. The van der Waals surface area contributed by atoms with Gasteiger partial charge in [0.15, 0.2) is 0 Å². The molecule has 0 aliphatic rings. The molecule has 32 heavy (non-hydrogen) atoms. The smallest absolute Gasteiger partial charge is 0.323 e. The van der Waals surface area contributed by atoms with Crippen LogP contribution in [0.2, 0.25) is 0 Å². The number of benzene rings is 3. The molecular weight excluding hydrogens is 428 g/mol. The molecule has 3 aromatic carbocycles. The molecule has 9 heteroatoms. The zero-order valence-electron chi connectivity index (χ0n) is 17.3. The fourth-order valence-corrected chi connectivity index (χ4v) is 4.41. The number of imidazole rings is 1. The first kappa shape index (κ1) is 21.4. The SMILES string of the molecule is CC(CNC(=O)c1ccc(NS(=O)(=O)c2ccc3[nH]c(=O)[nH]c3c2)cc1)c1ccccc1. The van der Waals surface area contributed by atoms with Gasteiger partial charge in [-0.05, 0) is 53.9 Å². The van der Waals surface area contributed by atoms with Gasteiger partial charge in [0.05, 0.1) is 15.9 Å². The third kappa shape index (κ3) is 4.73. The number of H-pyrrole nitrogens is 2. The molecule has 0 bridgehead atoms. The average Bonchev–Trinajstić information content (AvgIpc) is 3.17. The van der Waals surface area contributed by atoms with Crippen molar-refractivity contribution in [3.8, 4) is 0 Å². The number of aromatic amines is 2. The largest absolute Gasteiger partial charge is 0.351 e. The Kier molecular flexibility index (Phi) is 5.83. The molecule has 0 aliphatic carbocycles. The Balaban J connectivity index is 1.41. The van der Waals surface area contributed by atoms with Crippen LogP contribution in [0.3, 0.4) is 0 Å². The van der Waals surface area contributed by atoms with Crippen molar-refractivity contribution in [3.63, 3.8) is 0 Å². The molecule has 4 N–H and O–H groups in total. The van der Waals surface area contributed by atoms with Crippen molar-refractivity contribution >= 4 is 32.7 Å². The monoisotopic (exact) mass is 450 g/mol. The molecule has 1 atom stereocenters. The Morgan fingerprint density at radius 3 is 2.34 bits per heavy atom. The molecule has 4 aromatic rings. The zero-order chi connectivity index (χ0) is 22.7. The van der Waals surface area contributed by atoms with Crippen LogP contribution in [-0.2, 0) is 10.0 Å². The molecule has 0 fully saturated rings. The van der Waals surface area contributed by atoms with Crippen LogP contribution in [-0.4, -0.2) is 30.8 Å². The molecule has 0 saturated carbocycles. The molecule has 4 rings (SSSR count). The fourth-order valence-electron chi connectivity index (χ4n) is 3.33. The number of amides is 1. The highest BCUT2D eigenvalue weighted by atomic mass is 32.2. The van der Waals surface area contributed by atoms with Crippen LogP contribution in [0.25, 0.3) is 11.0 Å². The van der Waals surface area contributed by atoms with Gasteiger partial charge in [-0.25, -0.2) is 13.2 Å². The third-order valence-electron chi connectivity index (χ3n) is 5.13. The van der Waals surface area contributed by atoms with Gasteiger partial charge < -0.3 is 15.3 Å². The van der Waals surface area contributed by atoms with Gasteiger partial charge in [-0.15, -0.1) is 0 Å². The van der Waals surface area contributed by atoms with Crippen LogP contribution in [0, 0.1) is 0 Å². The predicted octanol–water partition coefficient (Wildman–Crippen LogP) is 3.19. The molecule has 1 heterocycles. The molecule has 1 aromatic heterocycles. The van der Waals surface area contributed by atoms with E-state index in [1.807, 2.05) is 37.3 Å². The van der Waals surface area contributed by atoms with Crippen LogP contribution >= 0.6 is 0 Å². The summed E-state index contributed by atoms with van der Waals surface area (Å²) in [5.41, 5.74) is 2.40. The summed E-state index contributed by atoms with van der Waals surface area (Å²) in [7, 11) is -3.87. The quantitative estimate of drug-likeness (QED) is 0.345. The minimum absolute atomic E-state index is 0.0111. The lowest BCUT2D eigenvalue weighted by Crippen LogP contribution is -2.27. The maximum Gasteiger partial charge on any atom is 0.323 e. The van der Waals surface area contributed by atoms with Gasteiger partial charge in [0.1, 0.15) is 0 Å². The maximum atomic E-state index is 12.7. The first-order chi connectivity index (χ1) is 15.3. The van der Waals surface area contributed by atoms with Crippen molar-refractivity contribution in [2.75, 3.05) is 11.3 Å². The Morgan fingerprint density at radius 1 is 0.938 bits per heavy atom. The van der Waals surface area contributed by atoms with Crippen LogP contribution in [0.15, 0.2) is 82.5 Å². The van der Waals surface area contributed by atoms with Crippen LogP contribution in [0.4, 0.5) is 5.69 Å². The lowest BCUT2D eigenvalue weighted by molar-refractivity contribution is 0.0951. The van der Waals surface area contributed by atoms with Gasteiger partial charge in [-0.3, -0.25) is 9.52 Å². The number of sulfonamides is 1. The molecule has 1 unspecified atom stereocenters. The number of anilines is 1. The Labute approximate surface area is 184 Å². The summed E-state index contributed by atoms with van der Waals surface area (Å²) in [6.45, 7) is 2.52. The second-order valence-electron chi connectivity index (χ2n) is 7.49. The molecule has 0 saturated heterocycles. The summed E-state index contributed by atoms with van der Waals surface area (Å²) in [6, 6.07) is 20.4. The van der Waals surface area contributed by atoms with E-state index in [0.29, 0.717) is 28.8 Å². The number of fused-ring (bicyclic) bond motifs is 1. The third-order valence-corrected chi connectivity index (χ3v) is 6.51. The number of carbonyl (C=O) groups excluding carboxylic acids is 1. The number of carbonyl (C=O) groups is 1. The van der Waals surface area contributed by atoms with E-state index >= 15 is 0 Å². The molecule has 0 radical (unpaired) electrons. The summed E-state index contributed by atoms with van der Waals surface area (Å²) in [5.74, 6) is -0.0670. The number of hydrogen-bond acceptors (Lipinski definition) is 4. The Bertz CT molecular complexity index is 1410. The molecule has 0 aliphatic heterocycles. The van der Waals surface area contributed by atoms with Gasteiger partial charge in [-0.1, -0.05) is 37.3 Å². The lowest BCUT2D eigenvalue weighted by Gasteiger charge is -2.13. The number of aromatic nitrogens is 2.